The Morgan fingerprint density at radius 3 is 2.12 bits per heavy atom. The van der Waals surface area contributed by atoms with Crippen LogP contribution in [0.3, 0.4) is 0 Å². The number of esters is 2. The fourth-order valence-corrected chi connectivity index (χ4v) is 2.22. The van der Waals surface area contributed by atoms with E-state index in [0.717, 1.165) is 0 Å². The van der Waals surface area contributed by atoms with Crippen LogP contribution in [0.4, 0.5) is 0 Å². The van der Waals surface area contributed by atoms with Crippen LogP contribution in [0.25, 0.3) is 11.5 Å². The van der Waals surface area contributed by atoms with Gasteiger partial charge in [0, 0.05) is 5.56 Å². The molecule has 8 nitrogen and oxygen atoms in total. The quantitative estimate of drug-likeness (QED) is 0.561. The standard InChI is InChI=1S/C18H21NO7/c1-4-23-15-13(19-14(26-15)12-10-8-7-9-11-12)18(22,16(20)24-5-2)17(21)25-6-3/h7-11,22H,4-6H2,1-3H3. The van der Waals surface area contributed by atoms with E-state index < -0.39 is 23.2 Å². The van der Waals surface area contributed by atoms with Gasteiger partial charge in [-0.15, -0.1) is 0 Å². The fraction of sp³-hybridized carbons (Fsp3) is 0.389. The Morgan fingerprint density at radius 2 is 1.62 bits per heavy atom. The first kappa shape index (κ1) is 19.5. The van der Waals surface area contributed by atoms with Gasteiger partial charge in [0.15, 0.2) is 5.69 Å². The maximum atomic E-state index is 12.4. The van der Waals surface area contributed by atoms with Crippen molar-refractivity contribution in [3.05, 3.63) is 36.0 Å². The van der Waals surface area contributed by atoms with Crippen molar-refractivity contribution in [3.63, 3.8) is 0 Å². The second-order valence-electron chi connectivity index (χ2n) is 5.11. The summed E-state index contributed by atoms with van der Waals surface area (Å²) in [6.07, 6.45) is 0. The molecule has 1 aromatic carbocycles. The first-order valence-electron chi connectivity index (χ1n) is 8.25. The van der Waals surface area contributed by atoms with Crippen LogP contribution in [0.15, 0.2) is 34.7 Å². The number of benzene rings is 1. The number of rotatable bonds is 8. The predicted octanol–water partition coefficient (Wildman–Crippen LogP) is 2.05. The normalized spacial score (nSPS) is 11.1. The van der Waals surface area contributed by atoms with E-state index in [2.05, 4.69) is 4.98 Å². The number of hydrogen-bond acceptors (Lipinski definition) is 8. The molecular formula is C18H21NO7. The summed E-state index contributed by atoms with van der Waals surface area (Å²) in [5.74, 6) is -2.61. The number of carbonyl (C=O) groups excluding carboxylic acids is 2. The summed E-state index contributed by atoms with van der Waals surface area (Å²) in [4.78, 5) is 28.9. The first-order valence-corrected chi connectivity index (χ1v) is 8.25. The minimum absolute atomic E-state index is 0.0477. The van der Waals surface area contributed by atoms with E-state index in [1.54, 1.807) is 45.0 Å². The van der Waals surface area contributed by atoms with Crippen LogP contribution in [0.2, 0.25) is 0 Å². The number of hydrogen-bond donors (Lipinski definition) is 1. The zero-order valence-electron chi connectivity index (χ0n) is 14.9. The molecule has 140 valence electrons. The summed E-state index contributed by atoms with van der Waals surface area (Å²) in [6, 6.07) is 8.79. The van der Waals surface area contributed by atoms with Gasteiger partial charge in [0.2, 0.25) is 5.89 Å². The minimum atomic E-state index is -2.80. The van der Waals surface area contributed by atoms with E-state index >= 15 is 0 Å². The molecule has 26 heavy (non-hydrogen) atoms. The molecule has 0 spiro atoms. The van der Waals surface area contributed by atoms with Crippen LogP contribution in [-0.2, 0) is 24.7 Å². The Hall–Kier alpha value is -2.87. The van der Waals surface area contributed by atoms with Gasteiger partial charge in [0.1, 0.15) is 0 Å². The van der Waals surface area contributed by atoms with Crippen molar-refractivity contribution in [1.29, 1.82) is 0 Å². The average Bonchev–Trinajstić information content (AvgIpc) is 3.07. The van der Waals surface area contributed by atoms with Gasteiger partial charge in [0.25, 0.3) is 0 Å². The van der Waals surface area contributed by atoms with E-state index in [1.807, 2.05) is 6.07 Å². The van der Waals surface area contributed by atoms with Gasteiger partial charge in [-0.05, 0) is 32.9 Å². The lowest BCUT2D eigenvalue weighted by atomic mass is 10.0. The van der Waals surface area contributed by atoms with Gasteiger partial charge in [-0.1, -0.05) is 18.2 Å². The first-order chi connectivity index (χ1) is 12.5. The van der Waals surface area contributed by atoms with Gasteiger partial charge in [-0.2, -0.15) is 0 Å². The van der Waals surface area contributed by atoms with Crippen molar-refractivity contribution in [2.45, 2.75) is 26.4 Å². The number of aliphatic hydroxyl groups is 1. The molecule has 0 atom stereocenters. The molecule has 0 unspecified atom stereocenters. The topological polar surface area (TPSA) is 108 Å². The molecule has 0 fully saturated rings. The molecule has 1 aromatic heterocycles. The third kappa shape index (κ3) is 3.70. The second-order valence-corrected chi connectivity index (χ2v) is 5.11. The maximum Gasteiger partial charge on any atom is 0.356 e. The third-order valence-corrected chi connectivity index (χ3v) is 3.38. The second kappa shape index (κ2) is 8.48. The van der Waals surface area contributed by atoms with Gasteiger partial charge in [-0.25, -0.2) is 14.6 Å². The molecule has 2 aromatic rings. The molecule has 0 aliphatic heterocycles. The molecule has 1 heterocycles. The molecule has 2 rings (SSSR count). The number of ether oxygens (including phenoxy) is 3. The monoisotopic (exact) mass is 363 g/mol. The SMILES string of the molecule is CCOC(=O)C(O)(C(=O)OCC)c1nc(-c2ccccc2)oc1OCC. The Labute approximate surface area is 150 Å². The van der Waals surface area contributed by atoms with E-state index in [9.17, 15) is 14.7 Å². The molecule has 0 aliphatic carbocycles. The van der Waals surface area contributed by atoms with Crippen molar-refractivity contribution in [3.8, 4) is 17.4 Å². The molecule has 0 bridgehead atoms. The molecule has 8 heteroatoms. The summed E-state index contributed by atoms with van der Waals surface area (Å²) < 4.78 is 20.6. The lowest BCUT2D eigenvalue weighted by molar-refractivity contribution is -0.185. The molecule has 0 amide bonds. The molecular weight excluding hydrogens is 342 g/mol. The molecule has 0 radical (unpaired) electrons. The summed E-state index contributed by atoms with van der Waals surface area (Å²) in [6.45, 7) is 4.85. The molecule has 0 saturated heterocycles. The summed E-state index contributed by atoms with van der Waals surface area (Å²) in [5.41, 5.74) is -2.63. The maximum absolute atomic E-state index is 12.4. The van der Waals surface area contributed by atoms with E-state index in [4.69, 9.17) is 18.6 Å². The van der Waals surface area contributed by atoms with Gasteiger partial charge in [0.05, 0.1) is 19.8 Å². The highest BCUT2D eigenvalue weighted by Crippen LogP contribution is 2.36. The van der Waals surface area contributed by atoms with Crippen molar-refractivity contribution < 1.29 is 33.3 Å². The highest BCUT2D eigenvalue weighted by atomic mass is 16.6. The fourth-order valence-electron chi connectivity index (χ4n) is 2.22. The molecule has 1 N–H and O–H groups in total. The van der Waals surface area contributed by atoms with E-state index in [0.29, 0.717) is 5.56 Å². The van der Waals surface area contributed by atoms with Crippen molar-refractivity contribution >= 4 is 11.9 Å². The number of aromatic nitrogens is 1. The molecule has 0 aliphatic rings. The van der Waals surface area contributed by atoms with Crippen LogP contribution in [-0.4, -0.2) is 41.8 Å². The summed E-state index contributed by atoms with van der Waals surface area (Å²) in [5, 5.41) is 10.9. The highest BCUT2D eigenvalue weighted by molar-refractivity contribution is 6.04. The van der Waals surface area contributed by atoms with Crippen molar-refractivity contribution in [1.82, 2.24) is 4.98 Å². The lowest BCUT2D eigenvalue weighted by Gasteiger charge is -2.21. The predicted molar refractivity (Wildman–Crippen MR) is 90.3 cm³/mol. The lowest BCUT2D eigenvalue weighted by Crippen LogP contribution is -2.46. The van der Waals surface area contributed by atoms with Crippen LogP contribution >= 0.6 is 0 Å². The van der Waals surface area contributed by atoms with E-state index in [1.165, 1.54) is 0 Å². The largest absolute Gasteiger partial charge is 0.464 e. The van der Waals surface area contributed by atoms with Gasteiger partial charge < -0.3 is 23.7 Å². The van der Waals surface area contributed by atoms with Crippen LogP contribution < -0.4 is 4.74 Å². The summed E-state index contributed by atoms with van der Waals surface area (Å²) >= 11 is 0. The van der Waals surface area contributed by atoms with Gasteiger partial charge in [-0.3, -0.25) is 0 Å². The Morgan fingerprint density at radius 1 is 1.04 bits per heavy atom. The number of oxazole rings is 1. The average molecular weight is 363 g/mol. The zero-order valence-corrected chi connectivity index (χ0v) is 14.9. The zero-order chi connectivity index (χ0) is 19.2. The number of nitrogens with zero attached hydrogens (tertiary/aromatic N) is 1. The Balaban J connectivity index is 2.60. The van der Waals surface area contributed by atoms with Crippen LogP contribution in [0.5, 0.6) is 5.95 Å². The highest BCUT2D eigenvalue weighted by Gasteiger charge is 2.54. The Bertz CT molecular complexity index is 736. The van der Waals surface area contributed by atoms with Crippen molar-refractivity contribution in [2.24, 2.45) is 0 Å². The molecule has 0 saturated carbocycles. The van der Waals surface area contributed by atoms with Gasteiger partial charge >= 0.3 is 23.5 Å². The van der Waals surface area contributed by atoms with Crippen molar-refractivity contribution in [2.75, 3.05) is 19.8 Å². The Kier molecular flexibility index (Phi) is 6.35. The summed E-state index contributed by atoms with van der Waals surface area (Å²) in [7, 11) is 0. The number of carbonyl (C=O) groups is 2. The third-order valence-electron chi connectivity index (χ3n) is 3.38. The van der Waals surface area contributed by atoms with Crippen LogP contribution in [0.1, 0.15) is 26.5 Å². The minimum Gasteiger partial charge on any atom is -0.464 e. The van der Waals surface area contributed by atoms with Crippen LogP contribution in [0, 0.1) is 0 Å². The van der Waals surface area contributed by atoms with E-state index in [-0.39, 0.29) is 31.7 Å². The smallest absolute Gasteiger partial charge is 0.356 e.